The Labute approximate surface area is 157 Å². The molecular weight excluding hydrogens is 365 g/mol. The minimum Gasteiger partial charge on any atom is -0.508 e. The molecule has 9 heteroatoms. The number of phenols is 1. The van der Waals surface area contributed by atoms with E-state index in [9.17, 15) is 19.1 Å². The fourth-order valence-corrected chi connectivity index (χ4v) is 2.81. The Kier molecular flexibility index (Phi) is 4.19. The molecule has 0 amide bonds. The summed E-state index contributed by atoms with van der Waals surface area (Å²) in [6, 6.07) is 11.8. The second kappa shape index (κ2) is 6.69. The minimum absolute atomic E-state index is 0.0118. The van der Waals surface area contributed by atoms with E-state index in [0.29, 0.717) is 11.1 Å². The molecule has 0 fully saturated rings. The number of hydrogen-bond donors (Lipinski definition) is 1. The summed E-state index contributed by atoms with van der Waals surface area (Å²) in [7, 11) is 1.35. The van der Waals surface area contributed by atoms with Gasteiger partial charge in [-0.15, -0.1) is 10.2 Å². The average molecular weight is 379 g/mol. The monoisotopic (exact) mass is 379 g/mol. The van der Waals surface area contributed by atoms with Crippen LogP contribution in [0.4, 0.5) is 4.39 Å². The molecule has 0 unspecified atom stereocenters. The highest BCUT2D eigenvalue weighted by atomic mass is 19.1. The Balaban J connectivity index is 1.90. The third-order valence-electron chi connectivity index (χ3n) is 4.33. The van der Waals surface area contributed by atoms with E-state index in [0.717, 1.165) is 4.57 Å². The summed E-state index contributed by atoms with van der Waals surface area (Å²) in [5.74, 6) is -0.112. The molecule has 140 valence electrons. The number of halogens is 1. The lowest BCUT2D eigenvalue weighted by atomic mass is 10.2. The van der Waals surface area contributed by atoms with Crippen LogP contribution >= 0.6 is 0 Å². The predicted molar refractivity (Wildman–Crippen MR) is 99.4 cm³/mol. The van der Waals surface area contributed by atoms with Gasteiger partial charge in [0, 0.05) is 12.6 Å². The van der Waals surface area contributed by atoms with Gasteiger partial charge in [0.2, 0.25) is 0 Å². The molecule has 2 aromatic carbocycles. The lowest BCUT2D eigenvalue weighted by molar-refractivity contribution is 0.475. The van der Waals surface area contributed by atoms with Crippen molar-refractivity contribution in [3.05, 3.63) is 80.7 Å². The summed E-state index contributed by atoms with van der Waals surface area (Å²) in [4.78, 5) is 29.4. The normalized spacial score (nSPS) is 11.1. The number of aromatic hydroxyl groups is 1. The summed E-state index contributed by atoms with van der Waals surface area (Å²) in [6.07, 6.45) is 0. The van der Waals surface area contributed by atoms with E-state index in [1.165, 1.54) is 35.9 Å². The molecule has 4 rings (SSSR count). The maximum absolute atomic E-state index is 13.1. The Morgan fingerprint density at radius 1 is 1.00 bits per heavy atom. The van der Waals surface area contributed by atoms with Gasteiger partial charge in [-0.1, -0.05) is 12.1 Å². The van der Waals surface area contributed by atoms with Crippen LogP contribution in [0.2, 0.25) is 0 Å². The number of aromatic nitrogens is 5. The molecule has 0 atom stereocenters. The molecule has 2 heterocycles. The second-order valence-corrected chi connectivity index (χ2v) is 6.21. The fourth-order valence-electron chi connectivity index (χ4n) is 2.81. The largest absolute Gasteiger partial charge is 0.508 e. The molecular formula is C19H14FN5O3. The zero-order chi connectivity index (χ0) is 19.8. The maximum Gasteiger partial charge on any atom is 0.332 e. The lowest BCUT2D eigenvalue weighted by Gasteiger charge is -2.11. The first kappa shape index (κ1) is 17.5. The summed E-state index contributed by atoms with van der Waals surface area (Å²) in [5.41, 5.74) is 0.0845. The Morgan fingerprint density at radius 2 is 1.68 bits per heavy atom. The van der Waals surface area contributed by atoms with Crippen LogP contribution in [0.25, 0.3) is 22.6 Å². The van der Waals surface area contributed by atoms with E-state index in [4.69, 9.17) is 0 Å². The van der Waals surface area contributed by atoms with Crippen LogP contribution < -0.4 is 11.2 Å². The van der Waals surface area contributed by atoms with Crippen molar-refractivity contribution in [2.75, 3.05) is 0 Å². The van der Waals surface area contributed by atoms with Gasteiger partial charge >= 0.3 is 5.69 Å². The second-order valence-electron chi connectivity index (χ2n) is 6.21. The third-order valence-corrected chi connectivity index (χ3v) is 4.33. The Bertz CT molecular complexity index is 1290. The first-order valence-electron chi connectivity index (χ1n) is 8.32. The highest BCUT2D eigenvalue weighted by Gasteiger charge is 2.16. The maximum atomic E-state index is 13.1. The average Bonchev–Trinajstić information content (AvgIpc) is 2.71. The van der Waals surface area contributed by atoms with Crippen LogP contribution in [-0.4, -0.2) is 29.4 Å². The van der Waals surface area contributed by atoms with Gasteiger partial charge in [0.1, 0.15) is 11.6 Å². The third kappa shape index (κ3) is 3.02. The molecule has 0 bridgehead atoms. The molecule has 0 aliphatic rings. The number of rotatable bonds is 3. The smallest absolute Gasteiger partial charge is 0.332 e. The van der Waals surface area contributed by atoms with Gasteiger partial charge in [-0.05, 0) is 42.0 Å². The van der Waals surface area contributed by atoms with Crippen LogP contribution in [0.15, 0.2) is 58.1 Å². The quantitative estimate of drug-likeness (QED) is 0.578. The number of hydrogen-bond acceptors (Lipinski definition) is 6. The van der Waals surface area contributed by atoms with Crippen LogP contribution in [0.1, 0.15) is 5.56 Å². The summed E-state index contributed by atoms with van der Waals surface area (Å²) < 4.78 is 15.4. The van der Waals surface area contributed by atoms with Crippen molar-refractivity contribution in [3.8, 4) is 17.1 Å². The lowest BCUT2D eigenvalue weighted by Crippen LogP contribution is -2.39. The zero-order valence-electron chi connectivity index (χ0n) is 14.7. The summed E-state index contributed by atoms with van der Waals surface area (Å²) in [5, 5.41) is 17.5. The molecule has 0 spiro atoms. The Hall–Kier alpha value is -3.88. The molecule has 0 saturated carbocycles. The topological polar surface area (TPSA) is 103 Å². The first-order valence-corrected chi connectivity index (χ1v) is 8.32. The van der Waals surface area contributed by atoms with Crippen molar-refractivity contribution in [3.63, 3.8) is 0 Å². The molecule has 1 N–H and O–H groups in total. The molecule has 8 nitrogen and oxygen atoms in total. The number of phenolic OH excluding ortho intramolecular Hbond substituents is 1. The molecule has 0 aliphatic carbocycles. The molecule has 0 radical (unpaired) electrons. The van der Waals surface area contributed by atoms with Crippen LogP contribution in [-0.2, 0) is 13.6 Å². The molecule has 4 aromatic rings. The van der Waals surface area contributed by atoms with Gasteiger partial charge in [-0.2, -0.15) is 0 Å². The minimum atomic E-state index is -0.592. The van der Waals surface area contributed by atoms with Crippen LogP contribution in [0, 0.1) is 5.82 Å². The van der Waals surface area contributed by atoms with Crippen molar-refractivity contribution < 1.29 is 9.50 Å². The van der Waals surface area contributed by atoms with Gasteiger partial charge in [0.05, 0.1) is 6.54 Å². The van der Waals surface area contributed by atoms with Crippen molar-refractivity contribution in [2.45, 2.75) is 6.54 Å². The Morgan fingerprint density at radius 3 is 2.36 bits per heavy atom. The van der Waals surface area contributed by atoms with Crippen molar-refractivity contribution >= 4 is 11.2 Å². The predicted octanol–water partition coefficient (Wildman–Crippen LogP) is 1.45. The van der Waals surface area contributed by atoms with Crippen molar-refractivity contribution in [2.24, 2.45) is 7.05 Å². The standard InChI is InChI=1S/C19H14FN5O3/c1-24-18(27)15-17(23-22-16(21-15)12-4-8-14(26)9-5-12)25(19(24)28)10-11-2-6-13(20)7-3-11/h2-9,26H,10H2,1H3. The summed E-state index contributed by atoms with van der Waals surface area (Å²) >= 11 is 0. The van der Waals surface area contributed by atoms with Crippen molar-refractivity contribution in [1.82, 2.24) is 24.3 Å². The van der Waals surface area contributed by atoms with Crippen LogP contribution in [0.3, 0.4) is 0 Å². The first-order chi connectivity index (χ1) is 13.4. The van der Waals surface area contributed by atoms with E-state index in [2.05, 4.69) is 15.2 Å². The van der Waals surface area contributed by atoms with E-state index in [-0.39, 0.29) is 35.1 Å². The van der Waals surface area contributed by atoms with E-state index >= 15 is 0 Å². The van der Waals surface area contributed by atoms with E-state index < -0.39 is 11.2 Å². The van der Waals surface area contributed by atoms with E-state index in [1.807, 2.05) is 0 Å². The highest BCUT2D eigenvalue weighted by molar-refractivity contribution is 5.71. The zero-order valence-corrected chi connectivity index (χ0v) is 14.7. The highest BCUT2D eigenvalue weighted by Crippen LogP contribution is 2.18. The molecule has 0 saturated heterocycles. The van der Waals surface area contributed by atoms with Crippen LogP contribution in [0.5, 0.6) is 5.75 Å². The SMILES string of the molecule is Cn1c(=O)c2nc(-c3ccc(O)cc3)nnc2n(Cc2ccc(F)cc2)c1=O. The van der Waals surface area contributed by atoms with Gasteiger partial charge < -0.3 is 5.11 Å². The van der Waals surface area contributed by atoms with Gasteiger partial charge in [0.15, 0.2) is 17.0 Å². The molecule has 28 heavy (non-hydrogen) atoms. The molecule has 2 aromatic heterocycles. The summed E-state index contributed by atoms with van der Waals surface area (Å²) in [6.45, 7) is 0.0820. The van der Waals surface area contributed by atoms with Gasteiger partial charge in [0.25, 0.3) is 5.56 Å². The molecule has 0 aliphatic heterocycles. The van der Waals surface area contributed by atoms with Gasteiger partial charge in [-0.3, -0.25) is 13.9 Å². The van der Waals surface area contributed by atoms with Crippen molar-refractivity contribution in [1.29, 1.82) is 0 Å². The number of nitrogens with zero attached hydrogens (tertiary/aromatic N) is 5. The van der Waals surface area contributed by atoms with Gasteiger partial charge in [-0.25, -0.2) is 14.2 Å². The van der Waals surface area contributed by atoms with E-state index in [1.54, 1.807) is 24.3 Å². The fraction of sp³-hybridized carbons (Fsp3) is 0.105. The number of benzene rings is 2. The number of fused-ring (bicyclic) bond motifs is 1.